The van der Waals surface area contributed by atoms with Gasteiger partial charge in [0.25, 0.3) is 5.91 Å². The van der Waals surface area contributed by atoms with Gasteiger partial charge in [-0.1, -0.05) is 35.3 Å². The third-order valence-electron chi connectivity index (χ3n) is 5.53. The predicted octanol–water partition coefficient (Wildman–Crippen LogP) is 3.76. The molecule has 28 heavy (non-hydrogen) atoms. The maximum Gasteiger partial charge on any atom is 0.251 e. The number of halogens is 2. The van der Waals surface area contributed by atoms with Crippen molar-refractivity contribution in [2.75, 3.05) is 36.0 Å². The van der Waals surface area contributed by atoms with Crippen LogP contribution in [-0.2, 0) is 9.59 Å². The lowest BCUT2D eigenvalue weighted by molar-refractivity contribution is -0.123. The summed E-state index contributed by atoms with van der Waals surface area (Å²) in [5, 5.41) is 1.26. The lowest BCUT2D eigenvalue weighted by Crippen LogP contribution is -2.52. The van der Waals surface area contributed by atoms with Crippen LogP contribution in [-0.4, -0.2) is 48.9 Å². The molecule has 0 spiro atoms. The molecular formula is C21H21Cl2N3O2. The fourth-order valence-corrected chi connectivity index (χ4v) is 4.31. The zero-order valence-electron chi connectivity index (χ0n) is 15.6. The van der Waals surface area contributed by atoms with Crippen molar-refractivity contribution >= 4 is 46.4 Å². The van der Waals surface area contributed by atoms with Crippen molar-refractivity contribution < 1.29 is 9.59 Å². The second-order valence-corrected chi connectivity index (χ2v) is 8.02. The van der Waals surface area contributed by atoms with Crippen molar-refractivity contribution in [2.45, 2.75) is 19.4 Å². The number of benzene rings is 2. The zero-order chi connectivity index (χ0) is 19.8. The molecule has 0 aliphatic carbocycles. The van der Waals surface area contributed by atoms with E-state index in [1.807, 2.05) is 31.2 Å². The summed E-state index contributed by atoms with van der Waals surface area (Å²) in [6.45, 7) is 4.84. The molecule has 5 nitrogen and oxygen atoms in total. The normalized spacial score (nSPS) is 20.9. The molecule has 7 heteroatoms. The van der Waals surface area contributed by atoms with Gasteiger partial charge in [-0.05, 0) is 42.8 Å². The Bertz CT molecular complexity index is 926. The SMILES string of the molecule is Cc1c(Cl)cccc1N1C(=O)C[C@@H](N2CCN(c3cccc(Cl)c3)CC2)C1=O. The highest BCUT2D eigenvalue weighted by atomic mass is 35.5. The Balaban J connectivity index is 1.47. The zero-order valence-corrected chi connectivity index (χ0v) is 17.1. The molecule has 0 radical (unpaired) electrons. The molecule has 2 saturated heterocycles. The number of nitrogens with zero attached hydrogens (tertiary/aromatic N) is 3. The van der Waals surface area contributed by atoms with Crippen LogP contribution in [0.3, 0.4) is 0 Å². The molecule has 0 N–H and O–H groups in total. The Morgan fingerprint density at radius 1 is 0.964 bits per heavy atom. The Morgan fingerprint density at radius 3 is 2.39 bits per heavy atom. The van der Waals surface area contributed by atoms with Gasteiger partial charge in [0.15, 0.2) is 0 Å². The largest absolute Gasteiger partial charge is 0.369 e. The number of hydrogen-bond acceptors (Lipinski definition) is 4. The van der Waals surface area contributed by atoms with E-state index in [4.69, 9.17) is 23.2 Å². The van der Waals surface area contributed by atoms with Gasteiger partial charge < -0.3 is 4.90 Å². The second kappa shape index (κ2) is 7.74. The Hall–Kier alpha value is -2.08. The van der Waals surface area contributed by atoms with Gasteiger partial charge in [0.1, 0.15) is 0 Å². The van der Waals surface area contributed by atoms with Crippen LogP contribution < -0.4 is 9.80 Å². The molecule has 0 bridgehead atoms. The van der Waals surface area contributed by atoms with E-state index in [1.54, 1.807) is 18.2 Å². The molecule has 0 saturated carbocycles. The molecule has 2 amide bonds. The highest BCUT2D eigenvalue weighted by Gasteiger charge is 2.43. The first-order valence-electron chi connectivity index (χ1n) is 9.32. The van der Waals surface area contributed by atoms with Gasteiger partial charge >= 0.3 is 0 Å². The number of amides is 2. The standard InChI is InChI=1S/C21H21Cl2N3O2/c1-14-17(23)6-3-7-18(14)26-20(27)13-19(21(26)28)25-10-8-24(9-11-25)16-5-2-4-15(22)12-16/h2-7,12,19H,8-11,13H2,1H3/t19-/m1/s1. The van der Waals surface area contributed by atoms with E-state index in [1.165, 1.54) is 4.90 Å². The fraction of sp³-hybridized carbons (Fsp3) is 0.333. The minimum Gasteiger partial charge on any atom is -0.369 e. The summed E-state index contributed by atoms with van der Waals surface area (Å²) in [4.78, 5) is 31.4. The maximum atomic E-state index is 13.1. The summed E-state index contributed by atoms with van der Waals surface area (Å²) >= 11 is 12.3. The smallest absolute Gasteiger partial charge is 0.251 e. The van der Waals surface area contributed by atoms with Crippen molar-refractivity contribution in [3.63, 3.8) is 0 Å². The highest BCUT2D eigenvalue weighted by Crippen LogP contribution is 2.32. The van der Waals surface area contributed by atoms with E-state index in [9.17, 15) is 9.59 Å². The van der Waals surface area contributed by atoms with Crippen LogP contribution >= 0.6 is 23.2 Å². The van der Waals surface area contributed by atoms with Gasteiger partial charge in [0.05, 0.1) is 18.2 Å². The van der Waals surface area contributed by atoms with Crippen LogP contribution in [0.1, 0.15) is 12.0 Å². The minimum atomic E-state index is -0.410. The van der Waals surface area contributed by atoms with Crippen molar-refractivity contribution in [2.24, 2.45) is 0 Å². The van der Waals surface area contributed by atoms with Crippen LogP contribution in [0.4, 0.5) is 11.4 Å². The molecule has 2 aliphatic rings. The van der Waals surface area contributed by atoms with Crippen LogP contribution in [0, 0.1) is 6.92 Å². The number of carbonyl (C=O) groups excluding carboxylic acids is 2. The van der Waals surface area contributed by atoms with E-state index in [0.717, 1.165) is 37.4 Å². The van der Waals surface area contributed by atoms with E-state index in [0.29, 0.717) is 15.7 Å². The van der Waals surface area contributed by atoms with Crippen LogP contribution in [0.5, 0.6) is 0 Å². The Kier molecular flexibility index (Phi) is 5.32. The van der Waals surface area contributed by atoms with Crippen molar-refractivity contribution in [3.05, 3.63) is 58.1 Å². The molecule has 1 atom stereocenters. The molecule has 4 rings (SSSR count). The van der Waals surface area contributed by atoms with E-state index in [-0.39, 0.29) is 18.2 Å². The summed E-state index contributed by atoms with van der Waals surface area (Å²) in [7, 11) is 0. The average molecular weight is 418 g/mol. The van der Waals surface area contributed by atoms with Crippen molar-refractivity contribution in [1.29, 1.82) is 0 Å². The number of imide groups is 1. The molecule has 2 aromatic carbocycles. The minimum absolute atomic E-state index is 0.161. The molecule has 2 fully saturated rings. The van der Waals surface area contributed by atoms with Crippen molar-refractivity contribution in [3.8, 4) is 0 Å². The topological polar surface area (TPSA) is 43.9 Å². The van der Waals surface area contributed by atoms with Crippen LogP contribution in [0.15, 0.2) is 42.5 Å². The predicted molar refractivity (Wildman–Crippen MR) is 112 cm³/mol. The Labute approximate surface area is 174 Å². The monoisotopic (exact) mass is 417 g/mol. The Morgan fingerprint density at radius 2 is 1.68 bits per heavy atom. The average Bonchev–Trinajstić information content (AvgIpc) is 2.98. The van der Waals surface area contributed by atoms with E-state index >= 15 is 0 Å². The number of piperazine rings is 1. The van der Waals surface area contributed by atoms with E-state index in [2.05, 4.69) is 9.80 Å². The molecule has 0 aromatic heterocycles. The van der Waals surface area contributed by atoms with E-state index < -0.39 is 6.04 Å². The first kappa shape index (κ1) is 19.2. The maximum absolute atomic E-state index is 13.1. The first-order valence-corrected chi connectivity index (χ1v) is 10.1. The quantitative estimate of drug-likeness (QED) is 0.713. The molecule has 2 aliphatic heterocycles. The molecule has 2 aromatic rings. The van der Waals surface area contributed by atoms with Crippen LogP contribution in [0.2, 0.25) is 10.0 Å². The number of rotatable bonds is 3. The van der Waals surface area contributed by atoms with Gasteiger partial charge in [-0.3, -0.25) is 14.5 Å². The summed E-state index contributed by atoms with van der Waals surface area (Å²) in [6, 6.07) is 12.7. The molecular weight excluding hydrogens is 397 g/mol. The van der Waals surface area contributed by atoms with Gasteiger partial charge in [-0.25, -0.2) is 4.90 Å². The number of anilines is 2. The second-order valence-electron chi connectivity index (χ2n) is 7.17. The summed E-state index contributed by atoms with van der Waals surface area (Å²) < 4.78 is 0. The lowest BCUT2D eigenvalue weighted by atomic mass is 10.1. The summed E-state index contributed by atoms with van der Waals surface area (Å²) in [5.74, 6) is -0.329. The van der Waals surface area contributed by atoms with Crippen molar-refractivity contribution in [1.82, 2.24) is 4.90 Å². The van der Waals surface area contributed by atoms with Gasteiger partial charge in [0.2, 0.25) is 5.91 Å². The molecule has 2 heterocycles. The molecule has 146 valence electrons. The third-order valence-corrected chi connectivity index (χ3v) is 6.18. The first-order chi connectivity index (χ1) is 13.5. The number of carbonyl (C=O) groups is 2. The van der Waals surface area contributed by atoms with Gasteiger partial charge in [-0.2, -0.15) is 0 Å². The third kappa shape index (κ3) is 3.50. The summed E-state index contributed by atoms with van der Waals surface area (Å²) in [5.41, 5.74) is 2.41. The fourth-order valence-electron chi connectivity index (χ4n) is 3.96. The highest BCUT2D eigenvalue weighted by molar-refractivity contribution is 6.32. The lowest BCUT2D eigenvalue weighted by Gasteiger charge is -2.38. The van der Waals surface area contributed by atoms with Gasteiger partial charge in [0, 0.05) is 41.9 Å². The molecule has 0 unspecified atom stereocenters. The summed E-state index contributed by atoms with van der Waals surface area (Å²) in [6.07, 6.45) is 0.210. The van der Waals surface area contributed by atoms with Crippen LogP contribution in [0.25, 0.3) is 0 Å². The number of hydrogen-bond donors (Lipinski definition) is 0. The van der Waals surface area contributed by atoms with Gasteiger partial charge in [-0.15, -0.1) is 0 Å².